The van der Waals surface area contributed by atoms with Gasteiger partial charge in [0.25, 0.3) is 0 Å². The molecule has 0 atom stereocenters. The summed E-state index contributed by atoms with van der Waals surface area (Å²) < 4.78 is 11.8. The topological polar surface area (TPSA) is 56.3 Å². The highest BCUT2D eigenvalue weighted by atomic mass is 32.2. The van der Waals surface area contributed by atoms with Crippen LogP contribution in [0.2, 0.25) is 0 Å². The zero-order valence-corrected chi connectivity index (χ0v) is 17.4. The molecule has 27 heavy (non-hydrogen) atoms. The fraction of sp³-hybridized carbons (Fsp3) is 0.158. The van der Waals surface area contributed by atoms with Crippen molar-refractivity contribution in [3.05, 3.63) is 41.8 Å². The number of fused-ring (bicyclic) bond motifs is 1. The van der Waals surface area contributed by atoms with Gasteiger partial charge in [-0.1, -0.05) is 11.3 Å². The molecule has 2 heterocycles. The lowest BCUT2D eigenvalue weighted by atomic mass is 10.1. The Balaban J connectivity index is 1.58. The van der Waals surface area contributed by atoms with Gasteiger partial charge in [0.15, 0.2) is 21.8 Å². The lowest BCUT2D eigenvalue weighted by molar-refractivity contribution is 0.355. The van der Waals surface area contributed by atoms with E-state index in [4.69, 9.17) is 9.47 Å². The van der Waals surface area contributed by atoms with Crippen molar-refractivity contribution in [1.82, 2.24) is 9.97 Å². The zero-order valence-electron chi connectivity index (χ0n) is 15.0. The summed E-state index contributed by atoms with van der Waals surface area (Å²) in [5, 5.41) is 6.99. The predicted octanol–water partition coefficient (Wildman–Crippen LogP) is 5.90. The second-order valence-electron chi connectivity index (χ2n) is 5.59. The largest absolute Gasteiger partial charge is 0.493 e. The molecule has 1 N–H and O–H groups in total. The molecule has 0 aliphatic carbocycles. The van der Waals surface area contributed by atoms with Crippen molar-refractivity contribution in [2.45, 2.75) is 4.90 Å². The van der Waals surface area contributed by atoms with Crippen molar-refractivity contribution in [1.29, 1.82) is 0 Å². The molecule has 0 amide bonds. The van der Waals surface area contributed by atoms with Crippen LogP contribution in [-0.2, 0) is 0 Å². The molecule has 0 fully saturated rings. The van der Waals surface area contributed by atoms with Gasteiger partial charge in [0, 0.05) is 15.8 Å². The van der Waals surface area contributed by atoms with E-state index in [2.05, 4.69) is 39.7 Å². The Bertz CT molecular complexity index is 1090. The van der Waals surface area contributed by atoms with E-state index in [0.717, 1.165) is 27.0 Å². The molecule has 8 heteroatoms. The Morgan fingerprint density at radius 1 is 0.963 bits per heavy atom. The highest BCUT2D eigenvalue weighted by molar-refractivity contribution is 7.98. The maximum absolute atomic E-state index is 5.38. The van der Waals surface area contributed by atoms with Crippen LogP contribution in [0.4, 0.5) is 10.3 Å². The van der Waals surface area contributed by atoms with Crippen molar-refractivity contribution in [3.8, 4) is 22.8 Å². The van der Waals surface area contributed by atoms with Crippen molar-refractivity contribution in [2.75, 3.05) is 25.8 Å². The van der Waals surface area contributed by atoms with Crippen LogP contribution in [-0.4, -0.2) is 30.4 Å². The van der Waals surface area contributed by atoms with E-state index in [-0.39, 0.29) is 0 Å². The van der Waals surface area contributed by atoms with Gasteiger partial charge in [0.1, 0.15) is 0 Å². The summed E-state index contributed by atoms with van der Waals surface area (Å²) in [6.45, 7) is 0. The molecule has 4 aromatic rings. The fourth-order valence-corrected chi connectivity index (χ4v) is 4.84. The van der Waals surface area contributed by atoms with Crippen molar-refractivity contribution in [2.24, 2.45) is 0 Å². The molecule has 4 rings (SSSR count). The monoisotopic (exact) mass is 415 g/mol. The quantitative estimate of drug-likeness (QED) is 0.396. The van der Waals surface area contributed by atoms with Gasteiger partial charge in [-0.25, -0.2) is 9.97 Å². The minimum Gasteiger partial charge on any atom is -0.493 e. The third-order valence-corrected chi connectivity index (χ3v) is 6.41. The number of thioether (sulfide) groups is 1. The third kappa shape index (κ3) is 3.73. The van der Waals surface area contributed by atoms with Gasteiger partial charge in [0.05, 0.1) is 30.1 Å². The molecule has 0 bridgehead atoms. The SMILES string of the molecule is COc1ccc(-c2csc(Nc3nc4ccc(SC)cc4s3)n2)cc1OC. The molecule has 0 saturated carbocycles. The molecular weight excluding hydrogens is 398 g/mol. The second-order valence-corrected chi connectivity index (χ2v) is 8.35. The van der Waals surface area contributed by atoms with Crippen LogP contribution < -0.4 is 14.8 Å². The number of aromatic nitrogens is 2. The van der Waals surface area contributed by atoms with Crippen LogP contribution in [0.3, 0.4) is 0 Å². The third-order valence-electron chi connectivity index (χ3n) is 3.99. The number of anilines is 2. The maximum atomic E-state index is 5.38. The maximum Gasteiger partial charge on any atom is 0.190 e. The van der Waals surface area contributed by atoms with Gasteiger partial charge in [-0.05, 0) is 42.7 Å². The summed E-state index contributed by atoms with van der Waals surface area (Å²) in [6.07, 6.45) is 2.08. The number of methoxy groups -OCH3 is 2. The number of hydrogen-bond acceptors (Lipinski definition) is 8. The Hall–Kier alpha value is -2.29. The zero-order chi connectivity index (χ0) is 18.8. The number of rotatable bonds is 6. The van der Waals surface area contributed by atoms with E-state index < -0.39 is 0 Å². The smallest absolute Gasteiger partial charge is 0.190 e. The lowest BCUT2D eigenvalue weighted by Crippen LogP contribution is -1.91. The van der Waals surface area contributed by atoms with E-state index in [0.29, 0.717) is 11.5 Å². The van der Waals surface area contributed by atoms with E-state index >= 15 is 0 Å². The predicted molar refractivity (Wildman–Crippen MR) is 115 cm³/mol. The molecular formula is C19H17N3O2S3. The lowest BCUT2D eigenvalue weighted by Gasteiger charge is -2.08. The number of nitrogens with zero attached hydrogens (tertiary/aromatic N) is 2. The molecule has 2 aromatic carbocycles. The standard InChI is InChI=1S/C19H17N3O2S3/c1-23-15-7-4-11(8-16(15)24-2)14-10-26-18(21-14)22-19-20-13-6-5-12(25-3)9-17(13)27-19/h4-10H,1-3H3,(H,20,21,22). The van der Waals surface area contributed by atoms with Gasteiger partial charge >= 0.3 is 0 Å². The summed E-state index contributed by atoms with van der Waals surface area (Å²) in [7, 11) is 3.26. The highest BCUT2D eigenvalue weighted by Crippen LogP contribution is 2.35. The van der Waals surface area contributed by atoms with Gasteiger partial charge in [-0.2, -0.15) is 0 Å². The Kier molecular flexibility index (Phi) is 5.20. The van der Waals surface area contributed by atoms with Crippen LogP contribution in [0.5, 0.6) is 11.5 Å². The average Bonchev–Trinajstić information content (AvgIpc) is 3.33. The molecule has 5 nitrogen and oxygen atoms in total. The van der Waals surface area contributed by atoms with E-state index in [1.807, 2.05) is 23.6 Å². The average molecular weight is 416 g/mol. The molecule has 0 aliphatic heterocycles. The fourth-order valence-electron chi connectivity index (χ4n) is 2.64. The van der Waals surface area contributed by atoms with E-state index in [1.165, 1.54) is 9.60 Å². The molecule has 0 spiro atoms. The minimum atomic E-state index is 0.688. The van der Waals surface area contributed by atoms with Crippen LogP contribution in [0.1, 0.15) is 0 Å². The number of nitrogens with one attached hydrogen (secondary N) is 1. The van der Waals surface area contributed by atoms with Crippen LogP contribution in [0.15, 0.2) is 46.7 Å². The normalized spacial score (nSPS) is 10.9. The second kappa shape index (κ2) is 7.75. The molecule has 0 aliphatic rings. The number of thiazole rings is 2. The van der Waals surface area contributed by atoms with Gasteiger partial charge in [-0.15, -0.1) is 23.1 Å². The van der Waals surface area contributed by atoms with Crippen LogP contribution >= 0.6 is 34.4 Å². The van der Waals surface area contributed by atoms with Gasteiger partial charge in [0.2, 0.25) is 0 Å². The van der Waals surface area contributed by atoms with Crippen molar-refractivity contribution in [3.63, 3.8) is 0 Å². The van der Waals surface area contributed by atoms with E-state index in [9.17, 15) is 0 Å². The molecule has 0 unspecified atom stereocenters. The Morgan fingerprint density at radius 2 is 1.81 bits per heavy atom. The highest BCUT2D eigenvalue weighted by Gasteiger charge is 2.11. The van der Waals surface area contributed by atoms with Crippen molar-refractivity contribution >= 4 is 54.9 Å². The minimum absolute atomic E-state index is 0.688. The number of benzene rings is 2. The first-order valence-electron chi connectivity index (χ1n) is 8.09. The number of ether oxygens (including phenoxy) is 2. The first-order chi connectivity index (χ1) is 13.2. The summed E-state index contributed by atoms with van der Waals surface area (Å²) in [4.78, 5) is 10.6. The summed E-state index contributed by atoms with van der Waals surface area (Å²) >= 11 is 4.91. The van der Waals surface area contributed by atoms with Crippen LogP contribution in [0.25, 0.3) is 21.5 Å². The summed E-state index contributed by atoms with van der Waals surface area (Å²) in [5.74, 6) is 1.39. The van der Waals surface area contributed by atoms with Crippen LogP contribution in [0, 0.1) is 0 Å². The molecule has 138 valence electrons. The summed E-state index contributed by atoms with van der Waals surface area (Å²) in [6, 6.07) is 12.1. The van der Waals surface area contributed by atoms with Gasteiger partial charge < -0.3 is 14.8 Å². The Labute approximate surface area is 169 Å². The first-order valence-corrected chi connectivity index (χ1v) is 11.0. The van der Waals surface area contributed by atoms with Gasteiger partial charge in [-0.3, -0.25) is 0 Å². The first kappa shape index (κ1) is 18.1. The van der Waals surface area contributed by atoms with Crippen molar-refractivity contribution < 1.29 is 9.47 Å². The molecule has 2 aromatic heterocycles. The Morgan fingerprint density at radius 3 is 2.59 bits per heavy atom. The summed E-state index contributed by atoms with van der Waals surface area (Å²) in [5.41, 5.74) is 2.86. The number of hydrogen-bond donors (Lipinski definition) is 1. The molecule has 0 saturated heterocycles. The molecule has 0 radical (unpaired) electrons. The van der Waals surface area contributed by atoms with E-state index in [1.54, 1.807) is 48.7 Å².